The molecule has 2 fully saturated rings. The highest BCUT2D eigenvalue weighted by molar-refractivity contribution is 5.92. The molecule has 0 spiro atoms. The number of hydrogen-bond donors (Lipinski definition) is 0. The van der Waals surface area contributed by atoms with Crippen molar-refractivity contribution in [3.63, 3.8) is 0 Å². The summed E-state index contributed by atoms with van der Waals surface area (Å²) in [6.07, 6.45) is -0.356. The topological polar surface area (TPSA) is 74.7 Å². The van der Waals surface area contributed by atoms with Crippen LogP contribution in [0.25, 0.3) is 0 Å². The zero-order valence-electron chi connectivity index (χ0n) is 18.9. The summed E-state index contributed by atoms with van der Waals surface area (Å²) in [6, 6.07) is 9.81. The van der Waals surface area contributed by atoms with Crippen molar-refractivity contribution in [2.75, 3.05) is 13.7 Å². The van der Waals surface area contributed by atoms with Gasteiger partial charge in [0.05, 0.1) is 7.11 Å². The largest absolute Gasteiger partial charge is 0.496 e. The molecule has 0 N–H and O–H groups in total. The zero-order chi connectivity index (χ0) is 22.6. The van der Waals surface area contributed by atoms with E-state index in [-0.39, 0.29) is 12.5 Å². The van der Waals surface area contributed by atoms with Crippen molar-refractivity contribution in [1.29, 1.82) is 0 Å². The van der Waals surface area contributed by atoms with Gasteiger partial charge in [0.25, 0.3) is 0 Å². The van der Waals surface area contributed by atoms with Crippen LogP contribution in [0.1, 0.15) is 54.3 Å². The van der Waals surface area contributed by atoms with Gasteiger partial charge in [-0.1, -0.05) is 37.6 Å². The fourth-order valence-electron chi connectivity index (χ4n) is 4.66. The summed E-state index contributed by atoms with van der Waals surface area (Å²) < 4.78 is 16.7. The molecular formula is C25H29NO5. The molecule has 1 saturated carbocycles. The van der Waals surface area contributed by atoms with E-state index < -0.39 is 28.9 Å². The number of pyridine rings is 1. The minimum atomic E-state index is -0.933. The van der Waals surface area contributed by atoms with Crippen molar-refractivity contribution < 1.29 is 23.8 Å². The van der Waals surface area contributed by atoms with Crippen LogP contribution < -0.4 is 4.74 Å². The minimum absolute atomic E-state index is 0.107. The van der Waals surface area contributed by atoms with Crippen molar-refractivity contribution in [2.45, 2.75) is 58.5 Å². The summed E-state index contributed by atoms with van der Waals surface area (Å²) in [7, 11) is 1.60. The van der Waals surface area contributed by atoms with Gasteiger partial charge in [-0.25, -0.2) is 4.79 Å². The van der Waals surface area contributed by atoms with Crippen LogP contribution in [0.2, 0.25) is 0 Å². The van der Waals surface area contributed by atoms with Crippen LogP contribution in [0, 0.1) is 26.2 Å². The molecule has 0 amide bonds. The van der Waals surface area contributed by atoms with Gasteiger partial charge in [0.15, 0.2) is 0 Å². The molecule has 2 aliphatic rings. The Balaban J connectivity index is 1.79. The Morgan fingerprint density at radius 3 is 2.52 bits per heavy atom. The first kappa shape index (κ1) is 21.3. The van der Waals surface area contributed by atoms with Crippen LogP contribution >= 0.6 is 0 Å². The van der Waals surface area contributed by atoms with Crippen molar-refractivity contribution in [1.82, 2.24) is 4.98 Å². The maximum Gasteiger partial charge on any atom is 0.348 e. The fourth-order valence-corrected chi connectivity index (χ4v) is 4.66. The standard InChI is InChI=1S/C25H29NO5/c1-14-7-10-20(29-6)18(11-14)25(12-19(25)17-9-8-15(2)26-16(17)3)23(28)31-21-22(27)30-13-24(21,4)5/h7-11,19,21H,12-13H2,1-6H3/t19-,21+,25-/m1/s1. The minimum Gasteiger partial charge on any atom is -0.496 e. The number of ether oxygens (including phenoxy) is 3. The Labute approximate surface area is 182 Å². The van der Waals surface area contributed by atoms with E-state index in [0.29, 0.717) is 12.2 Å². The van der Waals surface area contributed by atoms with Crippen LogP contribution in [-0.2, 0) is 24.5 Å². The van der Waals surface area contributed by atoms with Gasteiger partial charge in [-0.15, -0.1) is 0 Å². The van der Waals surface area contributed by atoms with E-state index in [1.54, 1.807) is 7.11 Å². The fraction of sp³-hybridized carbons (Fsp3) is 0.480. The number of hydrogen-bond acceptors (Lipinski definition) is 6. The highest BCUT2D eigenvalue weighted by atomic mass is 16.6. The predicted octanol–water partition coefficient (Wildman–Crippen LogP) is 3.94. The normalized spacial score (nSPS) is 26.3. The van der Waals surface area contributed by atoms with E-state index in [1.807, 2.05) is 65.0 Å². The molecule has 6 nitrogen and oxygen atoms in total. The number of methoxy groups -OCH3 is 1. The molecule has 0 radical (unpaired) electrons. The molecule has 2 heterocycles. The molecule has 1 aliphatic carbocycles. The van der Waals surface area contributed by atoms with Crippen molar-refractivity contribution in [2.24, 2.45) is 5.41 Å². The average molecular weight is 424 g/mol. The van der Waals surface area contributed by atoms with Gasteiger partial charge in [-0.05, 0) is 44.9 Å². The number of carbonyl (C=O) groups excluding carboxylic acids is 2. The third-order valence-corrected chi connectivity index (χ3v) is 6.54. The molecule has 1 aromatic carbocycles. The maximum atomic E-state index is 13.8. The summed E-state index contributed by atoms with van der Waals surface area (Å²) in [5.74, 6) is -0.381. The Morgan fingerprint density at radius 2 is 1.90 bits per heavy atom. The average Bonchev–Trinajstić information content (AvgIpc) is 3.40. The first-order chi connectivity index (χ1) is 14.6. The van der Waals surface area contributed by atoms with Gasteiger partial charge in [-0.2, -0.15) is 0 Å². The summed E-state index contributed by atoms with van der Waals surface area (Å²) >= 11 is 0. The second kappa shape index (κ2) is 7.36. The molecule has 31 heavy (non-hydrogen) atoms. The maximum absolute atomic E-state index is 13.8. The smallest absolute Gasteiger partial charge is 0.348 e. The number of aryl methyl sites for hydroxylation is 3. The summed E-state index contributed by atoms with van der Waals surface area (Å²) in [5, 5.41) is 0. The molecule has 6 heteroatoms. The molecule has 1 saturated heterocycles. The van der Waals surface area contributed by atoms with Crippen LogP contribution in [0.3, 0.4) is 0 Å². The molecule has 1 aromatic heterocycles. The Hall–Kier alpha value is -2.89. The third kappa shape index (κ3) is 3.48. The van der Waals surface area contributed by atoms with Gasteiger partial charge in [0.1, 0.15) is 17.8 Å². The number of rotatable bonds is 5. The van der Waals surface area contributed by atoms with Crippen molar-refractivity contribution in [3.8, 4) is 5.75 Å². The monoisotopic (exact) mass is 423 g/mol. The highest BCUT2D eigenvalue weighted by Crippen LogP contribution is 2.63. The first-order valence-electron chi connectivity index (χ1n) is 10.6. The van der Waals surface area contributed by atoms with E-state index >= 15 is 0 Å². The SMILES string of the molecule is COc1ccc(C)cc1[C@]1(C(=O)O[C@H]2C(=O)OCC2(C)C)C[C@@H]1c1ccc(C)nc1C. The highest BCUT2D eigenvalue weighted by Gasteiger charge is 2.65. The van der Waals surface area contributed by atoms with Crippen molar-refractivity contribution in [3.05, 3.63) is 58.4 Å². The van der Waals surface area contributed by atoms with Gasteiger partial charge >= 0.3 is 11.9 Å². The summed E-state index contributed by atoms with van der Waals surface area (Å²) in [4.78, 5) is 30.6. The number of aromatic nitrogens is 1. The molecule has 3 atom stereocenters. The van der Waals surface area contributed by atoms with Gasteiger partial charge in [-0.3, -0.25) is 9.78 Å². The van der Waals surface area contributed by atoms with Gasteiger partial charge < -0.3 is 14.2 Å². The molecular weight excluding hydrogens is 394 g/mol. The molecule has 4 rings (SSSR count). The summed E-state index contributed by atoms with van der Waals surface area (Å²) in [5.41, 5.74) is 3.14. The second-order valence-corrected chi connectivity index (χ2v) is 9.44. The molecule has 0 unspecified atom stereocenters. The number of carbonyl (C=O) groups is 2. The lowest BCUT2D eigenvalue weighted by molar-refractivity contribution is -0.165. The van der Waals surface area contributed by atoms with Crippen LogP contribution in [-0.4, -0.2) is 36.7 Å². The summed E-state index contributed by atoms with van der Waals surface area (Å²) in [6.45, 7) is 9.86. The van der Waals surface area contributed by atoms with E-state index in [9.17, 15) is 9.59 Å². The number of nitrogens with zero attached hydrogens (tertiary/aromatic N) is 1. The Bertz CT molecular complexity index is 1060. The van der Waals surface area contributed by atoms with Gasteiger partial charge in [0.2, 0.25) is 6.10 Å². The molecule has 0 bridgehead atoms. The van der Waals surface area contributed by atoms with Crippen LogP contribution in [0.15, 0.2) is 30.3 Å². The lowest BCUT2D eigenvalue weighted by Crippen LogP contribution is -2.39. The third-order valence-electron chi connectivity index (χ3n) is 6.54. The lowest BCUT2D eigenvalue weighted by atomic mass is 9.87. The second-order valence-electron chi connectivity index (χ2n) is 9.44. The molecule has 164 valence electrons. The zero-order valence-corrected chi connectivity index (χ0v) is 18.9. The number of benzene rings is 1. The van der Waals surface area contributed by atoms with E-state index in [2.05, 4.69) is 4.98 Å². The number of esters is 2. The van der Waals surface area contributed by atoms with Gasteiger partial charge in [0, 0.05) is 28.3 Å². The first-order valence-corrected chi connectivity index (χ1v) is 10.6. The Morgan fingerprint density at radius 1 is 1.16 bits per heavy atom. The van der Waals surface area contributed by atoms with E-state index in [1.165, 1.54) is 0 Å². The molecule has 2 aromatic rings. The predicted molar refractivity (Wildman–Crippen MR) is 115 cm³/mol. The van der Waals surface area contributed by atoms with Crippen LogP contribution in [0.5, 0.6) is 5.75 Å². The van der Waals surface area contributed by atoms with Crippen molar-refractivity contribution >= 4 is 11.9 Å². The van der Waals surface area contributed by atoms with E-state index in [4.69, 9.17) is 14.2 Å². The van der Waals surface area contributed by atoms with E-state index in [0.717, 1.165) is 28.1 Å². The quantitative estimate of drug-likeness (QED) is 0.679. The Kier molecular flexibility index (Phi) is 5.07. The molecule has 1 aliphatic heterocycles. The van der Waals surface area contributed by atoms with Crippen LogP contribution in [0.4, 0.5) is 0 Å². The number of cyclic esters (lactones) is 1. The lowest BCUT2D eigenvalue weighted by Gasteiger charge is -2.26.